The van der Waals surface area contributed by atoms with E-state index >= 15 is 0 Å². The number of aliphatic hydroxyl groups excluding tert-OH is 4. The lowest BCUT2D eigenvalue weighted by Gasteiger charge is -2.35. The molecule has 4 aliphatic rings. The first-order chi connectivity index (χ1) is 50.2. The predicted octanol–water partition coefficient (Wildman–Crippen LogP) is 21.6. The number of carbonyl (C=O) groups is 4. The lowest BCUT2D eigenvalue weighted by atomic mass is 9.87. The first-order valence-electron chi connectivity index (χ1n) is 40.8. The largest absolute Gasteiger partial charge is 0.508 e. The molecule has 4 aromatic carbocycles. The normalized spacial score (nSPS) is 19.2. The van der Waals surface area contributed by atoms with Crippen molar-refractivity contribution >= 4 is 23.1 Å². The lowest BCUT2D eigenvalue weighted by molar-refractivity contribution is 0.0441. The van der Waals surface area contributed by atoms with Gasteiger partial charge < -0.3 is 59.8 Å². The molecule has 16 heteroatoms. The topological polar surface area (TPSA) is 267 Å². The van der Waals surface area contributed by atoms with Gasteiger partial charge in [-0.1, -0.05) is 205 Å². The van der Waals surface area contributed by atoms with Crippen LogP contribution in [0.25, 0.3) is 0 Å². The average Bonchev–Trinajstić information content (AvgIpc) is 0.813. The molecular formula is C88H136O16. The number of hydrogen-bond donors (Lipinski definition) is 8. The molecule has 8 N–H and O–H groups in total. The zero-order chi connectivity index (χ0) is 75.3. The number of Topliss-reactive ketones (excluding diaryl/α,β-unsaturated/α-hetero) is 4. The number of aromatic hydroxyl groups is 4. The van der Waals surface area contributed by atoms with Crippen LogP contribution >= 0.6 is 0 Å². The number of fused-ring (bicyclic) bond motifs is 4. The van der Waals surface area contributed by atoms with Gasteiger partial charge in [-0.3, -0.25) is 19.2 Å². The van der Waals surface area contributed by atoms with E-state index in [4.69, 9.17) is 39.4 Å². The number of phenols is 4. The molecular weight excluding hydrogens is 1310 g/mol. The Morgan fingerprint density at radius 1 is 0.240 bits per heavy atom. The molecule has 0 aliphatic carbocycles. The van der Waals surface area contributed by atoms with Crippen molar-refractivity contribution in [1.82, 2.24) is 0 Å². The van der Waals surface area contributed by atoms with E-state index in [0.717, 1.165) is 103 Å². The van der Waals surface area contributed by atoms with Crippen molar-refractivity contribution in [3.05, 3.63) is 95.1 Å². The van der Waals surface area contributed by atoms with Crippen LogP contribution in [0, 0.1) is 0 Å². The molecule has 4 heterocycles. The van der Waals surface area contributed by atoms with Gasteiger partial charge in [-0.25, -0.2) is 0 Å². The van der Waals surface area contributed by atoms with Crippen molar-refractivity contribution in [2.75, 3.05) is 26.4 Å². The van der Waals surface area contributed by atoms with Gasteiger partial charge in [-0.15, -0.1) is 0 Å². The van der Waals surface area contributed by atoms with E-state index in [9.17, 15) is 39.6 Å². The smallest absolute Gasteiger partial charge is 0.170 e. The first kappa shape index (κ1) is 88.4. The molecule has 8 rings (SSSR count). The van der Waals surface area contributed by atoms with Gasteiger partial charge in [0.2, 0.25) is 0 Å². The highest BCUT2D eigenvalue weighted by Crippen LogP contribution is 2.42. The maximum atomic E-state index is 12.4. The zero-order valence-electron chi connectivity index (χ0n) is 64.5. The van der Waals surface area contributed by atoms with Crippen molar-refractivity contribution in [2.45, 2.75) is 358 Å². The number of unbranched alkanes of at least 4 members (excludes halogenated alkanes) is 36. The van der Waals surface area contributed by atoms with Crippen LogP contribution in [0.5, 0.6) is 46.0 Å². The Morgan fingerprint density at radius 2 is 0.385 bits per heavy atom. The summed E-state index contributed by atoms with van der Waals surface area (Å²) in [5.41, 5.74) is 0.309. The summed E-state index contributed by atoms with van der Waals surface area (Å²) in [5.74, 6) is 3.07. The number of benzene rings is 4. The molecule has 0 saturated carbocycles. The maximum Gasteiger partial charge on any atom is 0.170 e. The molecule has 0 aromatic heterocycles. The standard InChI is InChI=1S/C24H38O4.C23H36O4.C21H32O4.C20H30O4/c1-24(19-22(27)21-18-20(26)14-15-23(21)28-24)16-12-10-8-6-4-2-3-5-7-9-11-13-17-25;1-23(18-21(26)20-17-19(25)13-14-22(20)27-23)15-11-9-7-5-3-2-4-6-8-10-12-16-24;1-21(13-9-7-5-3-2-4-6-8-10-14-22)16-19(24)18-15-17(23)11-12-20(18)25-21;1-20(12-8-6-4-2-3-5-7-9-13-21)15-18(23)17-14-16(22)10-11-19(17)24-20/h14-15,18,25-26H,2-13,16-17,19H2,1H3;13-14,17,24-25H,2-12,15-16,18H2,1H3;11-12,15,22-23H,2-10,13-14,16H2,1H3;10-11,14,21-22H,2-9,12-13,15H2,1H3. The molecule has 104 heavy (non-hydrogen) atoms. The molecule has 584 valence electrons. The SMILES string of the molecule is CC1(CCCCCCCCCCCCCCO)CC(=O)c2cc(O)ccc2O1.CC1(CCCCCCCCCCCCCO)CC(=O)c2cc(O)ccc2O1.CC1(CCCCCCCCCCCO)CC(=O)c2cc(O)ccc2O1.CC1(CCCCCCCCCCO)CC(=O)c2cc(O)ccc2O1. The van der Waals surface area contributed by atoms with Gasteiger partial charge in [0.05, 0.1) is 47.9 Å². The molecule has 4 aliphatic heterocycles. The number of ether oxygens (including phenoxy) is 4. The number of ketones is 4. The van der Waals surface area contributed by atoms with E-state index < -0.39 is 22.4 Å². The summed E-state index contributed by atoms with van der Waals surface area (Å²) in [4.78, 5) is 49.4. The molecule has 0 spiro atoms. The van der Waals surface area contributed by atoms with Crippen LogP contribution in [0.4, 0.5) is 0 Å². The Labute approximate surface area is 624 Å². The Morgan fingerprint density at radius 3 is 0.538 bits per heavy atom. The summed E-state index contributed by atoms with van der Waals surface area (Å²) < 4.78 is 24.3. The number of aliphatic hydroxyl groups is 4. The van der Waals surface area contributed by atoms with Gasteiger partial charge >= 0.3 is 0 Å². The van der Waals surface area contributed by atoms with E-state index in [-0.39, 0.29) is 46.1 Å². The first-order valence-corrected chi connectivity index (χ1v) is 40.8. The third-order valence-corrected chi connectivity index (χ3v) is 21.1. The van der Waals surface area contributed by atoms with Gasteiger partial charge in [0, 0.05) is 26.4 Å². The molecule has 4 unspecified atom stereocenters. The van der Waals surface area contributed by atoms with E-state index in [2.05, 4.69) is 0 Å². The number of carbonyl (C=O) groups excluding carboxylic acids is 4. The van der Waals surface area contributed by atoms with Gasteiger partial charge in [-0.2, -0.15) is 0 Å². The quantitative estimate of drug-likeness (QED) is 0.0191. The average molecular weight is 1450 g/mol. The summed E-state index contributed by atoms with van der Waals surface area (Å²) in [6.45, 7) is 9.36. The van der Waals surface area contributed by atoms with Gasteiger partial charge in [0.1, 0.15) is 68.4 Å². The van der Waals surface area contributed by atoms with Crippen LogP contribution in [0.15, 0.2) is 72.8 Å². The van der Waals surface area contributed by atoms with E-state index in [0.29, 0.717) is 97.4 Å². The Bertz CT molecular complexity index is 3090. The zero-order valence-corrected chi connectivity index (χ0v) is 64.5. The minimum Gasteiger partial charge on any atom is -0.508 e. The summed E-state index contributed by atoms with van der Waals surface area (Å²) in [5, 5.41) is 73.1. The molecule has 0 saturated heterocycles. The molecule has 0 bridgehead atoms. The summed E-state index contributed by atoms with van der Waals surface area (Å²) >= 11 is 0. The Hall–Kier alpha value is -6.20. The Kier molecular flexibility index (Phi) is 42.2. The second-order valence-corrected chi connectivity index (χ2v) is 31.4. The lowest BCUT2D eigenvalue weighted by Crippen LogP contribution is -2.39. The number of hydrogen-bond acceptors (Lipinski definition) is 16. The molecule has 4 aromatic rings. The van der Waals surface area contributed by atoms with Crippen LogP contribution in [0.1, 0.15) is 377 Å². The highest BCUT2D eigenvalue weighted by atomic mass is 16.5. The number of rotatable bonds is 48. The van der Waals surface area contributed by atoms with Crippen LogP contribution in [0.3, 0.4) is 0 Å². The van der Waals surface area contributed by atoms with Crippen molar-refractivity contribution in [3.8, 4) is 46.0 Å². The highest BCUT2D eigenvalue weighted by molar-refractivity contribution is 6.02. The molecule has 4 atom stereocenters. The van der Waals surface area contributed by atoms with Crippen molar-refractivity contribution < 1.29 is 79.0 Å². The molecule has 0 radical (unpaired) electrons. The predicted molar refractivity (Wildman–Crippen MR) is 416 cm³/mol. The van der Waals surface area contributed by atoms with Crippen molar-refractivity contribution in [1.29, 1.82) is 0 Å². The van der Waals surface area contributed by atoms with Gasteiger partial charge in [0.25, 0.3) is 0 Å². The highest BCUT2D eigenvalue weighted by Gasteiger charge is 2.40. The second kappa shape index (κ2) is 49.6. The van der Waals surface area contributed by atoms with E-state index in [1.807, 2.05) is 27.7 Å². The van der Waals surface area contributed by atoms with Crippen molar-refractivity contribution in [3.63, 3.8) is 0 Å². The summed E-state index contributed by atoms with van der Waals surface area (Å²) in [6, 6.07) is 19.1. The van der Waals surface area contributed by atoms with Crippen LogP contribution in [0.2, 0.25) is 0 Å². The monoisotopic (exact) mass is 1450 g/mol. The van der Waals surface area contributed by atoms with E-state index in [1.54, 1.807) is 48.5 Å². The van der Waals surface area contributed by atoms with Crippen LogP contribution in [-0.2, 0) is 0 Å². The fourth-order valence-electron chi connectivity index (χ4n) is 14.9. The fraction of sp³-hybridized carbons (Fsp3) is 0.682. The van der Waals surface area contributed by atoms with Gasteiger partial charge in [-0.05, 0) is 178 Å². The summed E-state index contributed by atoms with van der Waals surface area (Å²) in [6.07, 6.45) is 53.1. The third-order valence-electron chi connectivity index (χ3n) is 21.1. The fourth-order valence-corrected chi connectivity index (χ4v) is 14.9. The minimum atomic E-state index is -0.428. The Balaban J connectivity index is 0.000000250. The van der Waals surface area contributed by atoms with Gasteiger partial charge in [0.15, 0.2) is 23.1 Å². The minimum absolute atomic E-state index is 0.0542. The summed E-state index contributed by atoms with van der Waals surface area (Å²) in [7, 11) is 0. The molecule has 0 fully saturated rings. The van der Waals surface area contributed by atoms with Crippen LogP contribution < -0.4 is 18.9 Å². The maximum absolute atomic E-state index is 12.4. The van der Waals surface area contributed by atoms with E-state index in [1.165, 1.54) is 204 Å². The molecule has 0 amide bonds. The molecule has 16 nitrogen and oxygen atoms in total. The van der Waals surface area contributed by atoms with Crippen LogP contribution in [-0.4, -0.2) is 113 Å². The van der Waals surface area contributed by atoms with Crippen molar-refractivity contribution in [2.24, 2.45) is 0 Å². The third kappa shape index (κ3) is 34.6. The number of phenolic OH excluding ortho intramolecular Hbond substituents is 4. The second-order valence-electron chi connectivity index (χ2n) is 31.4.